The van der Waals surface area contributed by atoms with Gasteiger partial charge in [0.1, 0.15) is 17.2 Å². The summed E-state index contributed by atoms with van der Waals surface area (Å²) in [6.45, 7) is 2.22. The Labute approximate surface area is 118 Å². The Kier molecular flexibility index (Phi) is 5.49. The molecule has 0 aliphatic carbocycles. The summed E-state index contributed by atoms with van der Waals surface area (Å²) in [6.07, 6.45) is 0. The van der Waals surface area contributed by atoms with E-state index in [-0.39, 0.29) is 16.9 Å². The highest BCUT2D eigenvalue weighted by atomic mass is 79.9. The van der Waals surface area contributed by atoms with Crippen LogP contribution in [0.2, 0.25) is 0 Å². The molecule has 0 atom stereocenters. The van der Waals surface area contributed by atoms with Crippen LogP contribution in [0.25, 0.3) is 0 Å². The molecule has 1 aliphatic rings. The van der Waals surface area contributed by atoms with Gasteiger partial charge in [-0.25, -0.2) is 8.78 Å². The standard InChI is InChI=1S/C11H11BrF2N2O.ClH/c12-7-5-8(13)10(9(14)6-7)11(17)16-3-1-15-2-4-16;/h5-6,15H,1-4H2;1H. The first kappa shape index (κ1) is 15.3. The summed E-state index contributed by atoms with van der Waals surface area (Å²) in [5.74, 6) is -2.25. The van der Waals surface area contributed by atoms with E-state index >= 15 is 0 Å². The summed E-state index contributed by atoms with van der Waals surface area (Å²) in [5, 5.41) is 3.07. The zero-order valence-electron chi connectivity index (χ0n) is 9.38. The van der Waals surface area contributed by atoms with Gasteiger partial charge in [-0.3, -0.25) is 4.79 Å². The Hall–Kier alpha value is -0.720. The van der Waals surface area contributed by atoms with Gasteiger partial charge in [0.25, 0.3) is 5.91 Å². The van der Waals surface area contributed by atoms with Gasteiger partial charge in [0, 0.05) is 30.7 Å². The molecule has 0 saturated carbocycles. The summed E-state index contributed by atoms with van der Waals surface area (Å²) < 4.78 is 27.4. The van der Waals surface area contributed by atoms with Crippen LogP contribution < -0.4 is 5.32 Å². The third-order valence-electron chi connectivity index (χ3n) is 2.62. The van der Waals surface area contributed by atoms with Crippen molar-refractivity contribution in [3.63, 3.8) is 0 Å². The van der Waals surface area contributed by atoms with Gasteiger partial charge in [-0.2, -0.15) is 0 Å². The predicted molar refractivity (Wildman–Crippen MR) is 70.1 cm³/mol. The lowest BCUT2D eigenvalue weighted by atomic mass is 10.1. The number of halogens is 4. The van der Waals surface area contributed by atoms with Gasteiger partial charge in [0.05, 0.1) is 0 Å². The van der Waals surface area contributed by atoms with Crippen LogP contribution in [-0.2, 0) is 0 Å². The lowest BCUT2D eigenvalue weighted by molar-refractivity contribution is 0.0726. The van der Waals surface area contributed by atoms with Gasteiger partial charge in [0.2, 0.25) is 0 Å². The van der Waals surface area contributed by atoms with Crippen LogP contribution in [0.5, 0.6) is 0 Å². The van der Waals surface area contributed by atoms with E-state index in [0.717, 1.165) is 12.1 Å². The van der Waals surface area contributed by atoms with E-state index in [2.05, 4.69) is 21.2 Å². The molecular formula is C11H12BrClF2N2O. The van der Waals surface area contributed by atoms with E-state index in [0.29, 0.717) is 26.2 Å². The fourth-order valence-corrected chi connectivity index (χ4v) is 2.17. The van der Waals surface area contributed by atoms with Crippen LogP contribution in [-0.4, -0.2) is 37.0 Å². The molecule has 0 bridgehead atoms. The molecule has 18 heavy (non-hydrogen) atoms. The summed E-state index contributed by atoms with van der Waals surface area (Å²) in [4.78, 5) is 13.4. The minimum Gasteiger partial charge on any atom is -0.336 e. The second-order valence-electron chi connectivity index (χ2n) is 3.79. The largest absolute Gasteiger partial charge is 0.336 e. The van der Waals surface area contributed by atoms with E-state index in [1.165, 1.54) is 4.90 Å². The van der Waals surface area contributed by atoms with Gasteiger partial charge in [-0.15, -0.1) is 12.4 Å². The smallest absolute Gasteiger partial charge is 0.259 e. The average Bonchev–Trinajstić information content (AvgIpc) is 2.28. The molecule has 1 aromatic rings. The summed E-state index contributed by atoms with van der Waals surface area (Å²) in [7, 11) is 0. The van der Waals surface area contributed by atoms with Crippen molar-refractivity contribution in [3.8, 4) is 0 Å². The Morgan fingerprint density at radius 2 is 1.72 bits per heavy atom. The van der Waals surface area contributed by atoms with E-state index in [1.54, 1.807) is 0 Å². The number of nitrogens with zero attached hydrogens (tertiary/aromatic N) is 1. The van der Waals surface area contributed by atoms with E-state index in [4.69, 9.17) is 0 Å². The summed E-state index contributed by atoms with van der Waals surface area (Å²) in [6, 6.07) is 2.19. The third kappa shape index (κ3) is 3.18. The number of rotatable bonds is 1. The minimum atomic E-state index is -0.833. The van der Waals surface area contributed by atoms with E-state index < -0.39 is 23.1 Å². The second-order valence-corrected chi connectivity index (χ2v) is 4.70. The molecule has 7 heteroatoms. The van der Waals surface area contributed by atoms with Crippen molar-refractivity contribution >= 4 is 34.2 Å². The molecular weight excluding hydrogens is 329 g/mol. The maximum Gasteiger partial charge on any atom is 0.259 e. The lowest BCUT2D eigenvalue weighted by Gasteiger charge is -2.27. The van der Waals surface area contributed by atoms with Crippen molar-refractivity contribution in [2.24, 2.45) is 0 Å². The molecule has 1 aromatic carbocycles. The quantitative estimate of drug-likeness (QED) is 0.849. The number of carbonyl (C=O) groups is 1. The van der Waals surface area contributed by atoms with Gasteiger partial charge in [-0.1, -0.05) is 15.9 Å². The fraction of sp³-hybridized carbons (Fsp3) is 0.364. The number of amides is 1. The van der Waals surface area contributed by atoms with Crippen molar-refractivity contribution in [1.82, 2.24) is 10.2 Å². The molecule has 3 nitrogen and oxygen atoms in total. The summed E-state index contributed by atoms with van der Waals surface area (Å²) in [5.41, 5.74) is -0.477. The molecule has 1 N–H and O–H groups in total. The minimum absolute atomic E-state index is 0. The highest BCUT2D eigenvalue weighted by molar-refractivity contribution is 9.10. The number of carbonyl (C=O) groups excluding carboxylic acids is 1. The molecule has 1 saturated heterocycles. The maximum absolute atomic E-state index is 13.6. The highest BCUT2D eigenvalue weighted by Gasteiger charge is 2.24. The molecule has 1 heterocycles. The topological polar surface area (TPSA) is 32.3 Å². The monoisotopic (exact) mass is 340 g/mol. The van der Waals surface area contributed by atoms with Crippen LogP contribution in [0, 0.1) is 11.6 Å². The molecule has 0 aromatic heterocycles. The van der Waals surface area contributed by atoms with Gasteiger partial charge in [0.15, 0.2) is 0 Å². The normalized spacial score (nSPS) is 15.2. The maximum atomic E-state index is 13.6. The number of hydrogen-bond donors (Lipinski definition) is 1. The average molecular weight is 342 g/mol. The van der Waals surface area contributed by atoms with Gasteiger partial charge >= 0.3 is 0 Å². The first-order valence-corrected chi connectivity index (χ1v) is 6.03. The van der Waals surface area contributed by atoms with Crippen molar-refractivity contribution in [2.45, 2.75) is 0 Å². The Morgan fingerprint density at radius 1 is 1.22 bits per heavy atom. The predicted octanol–water partition coefficient (Wildman–Crippen LogP) is 2.19. The molecule has 0 radical (unpaired) electrons. The van der Waals surface area contributed by atoms with Crippen molar-refractivity contribution in [3.05, 3.63) is 33.8 Å². The van der Waals surface area contributed by atoms with Crippen LogP contribution in [0.4, 0.5) is 8.78 Å². The number of piperazine rings is 1. The number of benzene rings is 1. The van der Waals surface area contributed by atoms with Crippen molar-refractivity contribution in [1.29, 1.82) is 0 Å². The van der Waals surface area contributed by atoms with Gasteiger partial charge in [-0.05, 0) is 12.1 Å². The molecule has 2 rings (SSSR count). The molecule has 100 valence electrons. The molecule has 1 amide bonds. The van der Waals surface area contributed by atoms with Crippen molar-refractivity contribution in [2.75, 3.05) is 26.2 Å². The number of hydrogen-bond acceptors (Lipinski definition) is 2. The Balaban J connectivity index is 0.00000162. The van der Waals surface area contributed by atoms with Crippen LogP contribution in [0.3, 0.4) is 0 Å². The third-order valence-corrected chi connectivity index (χ3v) is 3.08. The zero-order chi connectivity index (χ0) is 12.4. The molecule has 1 aliphatic heterocycles. The van der Waals surface area contributed by atoms with Crippen LogP contribution >= 0.6 is 28.3 Å². The first-order valence-electron chi connectivity index (χ1n) is 5.24. The molecule has 0 spiro atoms. The zero-order valence-corrected chi connectivity index (χ0v) is 11.8. The fourth-order valence-electron chi connectivity index (χ4n) is 1.77. The molecule has 1 fully saturated rings. The van der Waals surface area contributed by atoms with Crippen LogP contribution in [0.15, 0.2) is 16.6 Å². The first-order chi connectivity index (χ1) is 8.09. The SMILES string of the molecule is Cl.O=C(c1c(F)cc(Br)cc1F)N1CCNCC1. The Morgan fingerprint density at radius 3 is 2.22 bits per heavy atom. The second kappa shape index (κ2) is 6.45. The Bertz CT molecular complexity index is 430. The van der Waals surface area contributed by atoms with E-state index in [9.17, 15) is 13.6 Å². The van der Waals surface area contributed by atoms with Crippen molar-refractivity contribution < 1.29 is 13.6 Å². The molecule has 0 unspecified atom stereocenters. The van der Waals surface area contributed by atoms with E-state index in [1.807, 2.05) is 0 Å². The summed E-state index contributed by atoms with van der Waals surface area (Å²) >= 11 is 2.98. The van der Waals surface area contributed by atoms with Gasteiger partial charge < -0.3 is 10.2 Å². The lowest BCUT2D eigenvalue weighted by Crippen LogP contribution is -2.46. The van der Waals surface area contributed by atoms with Crippen LogP contribution in [0.1, 0.15) is 10.4 Å². The number of nitrogens with one attached hydrogen (secondary N) is 1. The highest BCUT2D eigenvalue weighted by Crippen LogP contribution is 2.21.